The number of anilines is 1. The molecule has 2 rings (SSSR count). The molecule has 0 spiro atoms. The smallest absolute Gasteiger partial charge is 0.137 e. The lowest BCUT2D eigenvalue weighted by molar-refractivity contribution is 0.766. The average Bonchev–Trinajstić information content (AvgIpc) is 2.68. The van der Waals surface area contributed by atoms with Crippen LogP contribution in [0.3, 0.4) is 0 Å². The lowest BCUT2D eigenvalue weighted by Crippen LogP contribution is -2.18. The Labute approximate surface area is 105 Å². The van der Waals surface area contributed by atoms with Crippen LogP contribution in [0.15, 0.2) is 18.7 Å². The minimum Gasteiger partial charge on any atom is -0.355 e. The first-order valence-corrected chi connectivity index (χ1v) is 5.61. The number of hydrogen-bond donors (Lipinski definition) is 0. The molecule has 0 aliphatic rings. The van der Waals surface area contributed by atoms with E-state index in [2.05, 4.69) is 15.1 Å². The summed E-state index contributed by atoms with van der Waals surface area (Å²) in [4.78, 5) is 10.2. The van der Waals surface area contributed by atoms with E-state index in [4.69, 9.17) is 11.6 Å². The van der Waals surface area contributed by atoms with Crippen molar-refractivity contribution in [3.63, 3.8) is 0 Å². The Morgan fingerprint density at radius 2 is 2.18 bits per heavy atom. The fourth-order valence-corrected chi connectivity index (χ4v) is 1.84. The maximum absolute atomic E-state index is 5.97. The molecule has 17 heavy (non-hydrogen) atoms. The molecular formula is C11H14ClN5. The summed E-state index contributed by atoms with van der Waals surface area (Å²) in [5, 5.41) is 4.63. The Bertz CT molecular complexity index is 522. The average molecular weight is 252 g/mol. The van der Waals surface area contributed by atoms with Gasteiger partial charge in [-0.1, -0.05) is 11.6 Å². The van der Waals surface area contributed by atoms with Crippen molar-refractivity contribution < 1.29 is 0 Å². The van der Waals surface area contributed by atoms with Crippen molar-refractivity contribution in [1.29, 1.82) is 0 Å². The Morgan fingerprint density at radius 3 is 2.82 bits per heavy atom. The van der Waals surface area contributed by atoms with Gasteiger partial charge >= 0.3 is 0 Å². The van der Waals surface area contributed by atoms with E-state index in [0.717, 1.165) is 23.5 Å². The van der Waals surface area contributed by atoms with E-state index < -0.39 is 0 Å². The van der Waals surface area contributed by atoms with Gasteiger partial charge in [0.25, 0.3) is 0 Å². The van der Waals surface area contributed by atoms with Crippen LogP contribution in [0.2, 0.25) is 5.15 Å². The van der Waals surface area contributed by atoms with Gasteiger partial charge in [0.1, 0.15) is 17.3 Å². The predicted molar refractivity (Wildman–Crippen MR) is 67.1 cm³/mol. The van der Waals surface area contributed by atoms with E-state index in [1.54, 1.807) is 4.68 Å². The van der Waals surface area contributed by atoms with Gasteiger partial charge in [0.15, 0.2) is 0 Å². The van der Waals surface area contributed by atoms with Gasteiger partial charge in [0.2, 0.25) is 0 Å². The highest BCUT2D eigenvalue weighted by atomic mass is 35.5. The van der Waals surface area contributed by atoms with Gasteiger partial charge in [-0.25, -0.2) is 9.97 Å². The van der Waals surface area contributed by atoms with Gasteiger partial charge in [-0.15, -0.1) is 0 Å². The molecule has 0 bridgehead atoms. The molecule has 0 unspecified atom stereocenters. The van der Waals surface area contributed by atoms with Crippen molar-refractivity contribution in [2.24, 2.45) is 7.05 Å². The molecule has 0 aliphatic carbocycles. The molecule has 0 radical (unpaired) electrons. The SMILES string of the molecule is Cc1c(Cl)ncnc1N(C)Cc1cnn(C)c1. The first kappa shape index (κ1) is 11.9. The molecule has 0 saturated carbocycles. The quantitative estimate of drug-likeness (QED) is 0.781. The molecule has 5 nitrogen and oxygen atoms in total. The zero-order valence-electron chi connectivity index (χ0n) is 10.1. The lowest BCUT2D eigenvalue weighted by Gasteiger charge is -2.19. The fourth-order valence-electron chi connectivity index (χ4n) is 1.71. The standard InChI is InChI=1S/C11H14ClN5/c1-8-10(12)13-7-14-11(8)16(2)5-9-4-15-17(3)6-9/h4,6-7H,5H2,1-3H3. The molecule has 2 aromatic rings. The molecular weight excluding hydrogens is 238 g/mol. The zero-order chi connectivity index (χ0) is 12.4. The van der Waals surface area contributed by atoms with Crippen LogP contribution in [0.5, 0.6) is 0 Å². The maximum Gasteiger partial charge on any atom is 0.137 e. The zero-order valence-corrected chi connectivity index (χ0v) is 10.8. The minimum atomic E-state index is 0.494. The third-order valence-corrected chi connectivity index (χ3v) is 2.92. The summed E-state index contributed by atoms with van der Waals surface area (Å²) < 4.78 is 1.78. The van der Waals surface area contributed by atoms with E-state index in [-0.39, 0.29) is 0 Å². The second kappa shape index (κ2) is 4.71. The second-order valence-electron chi connectivity index (χ2n) is 3.99. The summed E-state index contributed by atoms with van der Waals surface area (Å²) in [5.41, 5.74) is 2.02. The van der Waals surface area contributed by atoms with Crippen molar-refractivity contribution in [1.82, 2.24) is 19.7 Å². The Kier molecular flexibility index (Phi) is 3.28. The van der Waals surface area contributed by atoms with Crippen LogP contribution in [0.1, 0.15) is 11.1 Å². The molecule has 6 heteroatoms. The lowest BCUT2D eigenvalue weighted by atomic mass is 10.3. The van der Waals surface area contributed by atoms with Gasteiger partial charge < -0.3 is 4.90 Å². The van der Waals surface area contributed by atoms with E-state index in [1.807, 2.05) is 38.3 Å². The van der Waals surface area contributed by atoms with E-state index in [1.165, 1.54) is 6.33 Å². The van der Waals surface area contributed by atoms with Gasteiger partial charge in [-0.05, 0) is 6.92 Å². The van der Waals surface area contributed by atoms with Crippen LogP contribution < -0.4 is 4.90 Å². The van der Waals surface area contributed by atoms with Crippen LogP contribution in [0, 0.1) is 6.92 Å². The summed E-state index contributed by atoms with van der Waals surface area (Å²) in [6.07, 6.45) is 5.30. The molecule has 0 atom stereocenters. The Balaban J connectivity index is 2.20. The third kappa shape index (κ3) is 2.55. The van der Waals surface area contributed by atoms with E-state index >= 15 is 0 Å². The summed E-state index contributed by atoms with van der Waals surface area (Å²) in [7, 11) is 3.87. The van der Waals surface area contributed by atoms with Crippen molar-refractivity contribution in [3.05, 3.63) is 35.0 Å². The van der Waals surface area contributed by atoms with Crippen molar-refractivity contribution >= 4 is 17.4 Å². The molecule has 2 heterocycles. The molecule has 0 aromatic carbocycles. The van der Waals surface area contributed by atoms with Crippen LogP contribution in [0.25, 0.3) is 0 Å². The summed E-state index contributed by atoms with van der Waals surface area (Å²) >= 11 is 5.97. The van der Waals surface area contributed by atoms with E-state index in [9.17, 15) is 0 Å². The fraction of sp³-hybridized carbons (Fsp3) is 0.364. The molecule has 0 saturated heterocycles. The number of nitrogens with zero attached hydrogens (tertiary/aromatic N) is 5. The predicted octanol–water partition coefficient (Wildman–Crippen LogP) is 1.81. The molecule has 2 aromatic heterocycles. The molecule has 0 N–H and O–H groups in total. The van der Waals surface area contributed by atoms with Gasteiger partial charge in [-0.3, -0.25) is 4.68 Å². The number of aromatic nitrogens is 4. The summed E-state index contributed by atoms with van der Waals surface area (Å²) in [6, 6.07) is 0. The highest BCUT2D eigenvalue weighted by Crippen LogP contribution is 2.21. The minimum absolute atomic E-state index is 0.494. The van der Waals surface area contributed by atoms with Crippen LogP contribution in [0.4, 0.5) is 5.82 Å². The maximum atomic E-state index is 5.97. The van der Waals surface area contributed by atoms with Gasteiger partial charge in [0.05, 0.1) is 6.20 Å². The number of halogens is 1. The molecule has 0 aliphatic heterocycles. The number of rotatable bonds is 3. The molecule has 0 amide bonds. The first-order valence-electron chi connectivity index (χ1n) is 5.23. The summed E-state index contributed by atoms with van der Waals surface area (Å²) in [6.45, 7) is 2.65. The molecule has 90 valence electrons. The highest BCUT2D eigenvalue weighted by Gasteiger charge is 2.10. The second-order valence-corrected chi connectivity index (χ2v) is 4.35. The topological polar surface area (TPSA) is 46.8 Å². The Hall–Kier alpha value is -1.62. The monoisotopic (exact) mass is 251 g/mol. The number of hydrogen-bond acceptors (Lipinski definition) is 4. The normalized spacial score (nSPS) is 10.6. The Morgan fingerprint density at radius 1 is 1.41 bits per heavy atom. The van der Waals surface area contributed by atoms with Crippen LogP contribution in [-0.4, -0.2) is 26.8 Å². The largest absolute Gasteiger partial charge is 0.355 e. The van der Waals surface area contributed by atoms with Crippen molar-refractivity contribution in [2.45, 2.75) is 13.5 Å². The van der Waals surface area contributed by atoms with Crippen molar-refractivity contribution in [3.8, 4) is 0 Å². The van der Waals surface area contributed by atoms with Crippen LogP contribution >= 0.6 is 11.6 Å². The van der Waals surface area contributed by atoms with Crippen LogP contribution in [-0.2, 0) is 13.6 Å². The van der Waals surface area contributed by atoms with E-state index in [0.29, 0.717) is 5.15 Å². The molecule has 0 fully saturated rings. The first-order chi connectivity index (χ1) is 8.08. The summed E-state index contributed by atoms with van der Waals surface area (Å²) in [5.74, 6) is 0.842. The number of aryl methyl sites for hydroxylation is 1. The highest BCUT2D eigenvalue weighted by molar-refractivity contribution is 6.30. The third-order valence-electron chi connectivity index (χ3n) is 2.54. The van der Waals surface area contributed by atoms with Crippen molar-refractivity contribution in [2.75, 3.05) is 11.9 Å². The van der Waals surface area contributed by atoms with Gasteiger partial charge in [0, 0.05) is 38.0 Å². The van der Waals surface area contributed by atoms with Gasteiger partial charge in [-0.2, -0.15) is 5.10 Å².